The molecule has 1 aliphatic heterocycles. The lowest BCUT2D eigenvalue weighted by molar-refractivity contribution is 0.0697. The van der Waals surface area contributed by atoms with Crippen LogP contribution in [0.4, 0.5) is 10.5 Å². The Kier molecular flexibility index (Phi) is 4.24. The number of piperidine rings is 1. The monoisotopic (exact) mass is 278 g/mol. The number of urea groups is 1. The lowest BCUT2D eigenvalue weighted by atomic mass is 10.1. The van der Waals surface area contributed by atoms with Crippen molar-refractivity contribution in [2.75, 3.05) is 25.0 Å². The molecule has 0 radical (unpaired) electrons. The molecule has 1 unspecified atom stereocenters. The van der Waals surface area contributed by atoms with E-state index in [9.17, 15) is 14.7 Å². The number of β-amino-alcohol motifs (C(OH)–C–C–N with tert-alkyl or cyclic N) is 1. The highest BCUT2D eigenvalue weighted by Gasteiger charge is 2.26. The Morgan fingerprint density at radius 1 is 1.35 bits per heavy atom. The van der Waals surface area contributed by atoms with Crippen molar-refractivity contribution >= 4 is 17.7 Å². The predicted octanol–water partition coefficient (Wildman–Crippen LogP) is 1.40. The summed E-state index contributed by atoms with van der Waals surface area (Å²) in [5.74, 6) is -1.07. The van der Waals surface area contributed by atoms with Crippen molar-refractivity contribution in [1.29, 1.82) is 0 Å². The Labute approximate surface area is 117 Å². The molecule has 2 amide bonds. The van der Waals surface area contributed by atoms with E-state index in [2.05, 4.69) is 0 Å². The van der Waals surface area contributed by atoms with Gasteiger partial charge in [-0.2, -0.15) is 0 Å². The molecule has 0 spiro atoms. The summed E-state index contributed by atoms with van der Waals surface area (Å²) < 4.78 is 0. The van der Waals surface area contributed by atoms with Crippen molar-refractivity contribution in [3.63, 3.8) is 0 Å². The fraction of sp³-hybridized carbons (Fsp3) is 0.429. The lowest BCUT2D eigenvalue weighted by Crippen LogP contribution is -2.48. The van der Waals surface area contributed by atoms with Gasteiger partial charge in [0.2, 0.25) is 0 Å². The van der Waals surface area contributed by atoms with Gasteiger partial charge in [0.1, 0.15) is 0 Å². The molecule has 6 nitrogen and oxygen atoms in total. The summed E-state index contributed by atoms with van der Waals surface area (Å²) in [7, 11) is 1.55. The second kappa shape index (κ2) is 5.92. The van der Waals surface area contributed by atoms with Gasteiger partial charge in [0.05, 0.1) is 17.4 Å². The molecule has 0 bridgehead atoms. The van der Waals surface area contributed by atoms with Gasteiger partial charge in [-0.15, -0.1) is 0 Å². The van der Waals surface area contributed by atoms with E-state index >= 15 is 0 Å². The molecule has 1 atom stereocenters. The van der Waals surface area contributed by atoms with Crippen molar-refractivity contribution in [3.05, 3.63) is 29.8 Å². The minimum atomic E-state index is -1.07. The zero-order valence-electron chi connectivity index (χ0n) is 11.3. The highest BCUT2D eigenvalue weighted by atomic mass is 16.4. The van der Waals surface area contributed by atoms with Gasteiger partial charge < -0.3 is 15.1 Å². The zero-order chi connectivity index (χ0) is 14.7. The Morgan fingerprint density at radius 2 is 2.05 bits per heavy atom. The second-order valence-corrected chi connectivity index (χ2v) is 4.91. The quantitative estimate of drug-likeness (QED) is 0.856. The van der Waals surface area contributed by atoms with Crippen molar-refractivity contribution in [2.45, 2.75) is 18.9 Å². The number of likely N-dealkylation sites (tertiary alicyclic amines) is 1. The molecular formula is C14H18N2O4. The number of benzene rings is 1. The number of hydrogen-bond donors (Lipinski definition) is 2. The van der Waals surface area contributed by atoms with Crippen molar-refractivity contribution < 1.29 is 19.8 Å². The van der Waals surface area contributed by atoms with E-state index in [0.29, 0.717) is 25.2 Å². The first-order chi connectivity index (χ1) is 9.50. The van der Waals surface area contributed by atoms with E-state index < -0.39 is 12.1 Å². The Hall–Kier alpha value is -2.08. The first-order valence-corrected chi connectivity index (χ1v) is 6.53. The number of aromatic carboxylic acids is 1. The number of anilines is 1. The third kappa shape index (κ3) is 2.91. The van der Waals surface area contributed by atoms with Gasteiger partial charge in [-0.25, -0.2) is 9.59 Å². The summed E-state index contributed by atoms with van der Waals surface area (Å²) in [5, 5.41) is 18.8. The van der Waals surface area contributed by atoms with Gasteiger partial charge in [0, 0.05) is 20.1 Å². The molecule has 1 aromatic rings. The summed E-state index contributed by atoms with van der Waals surface area (Å²) in [5.41, 5.74) is 0.436. The molecule has 1 saturated heterocycles. The Bertz CT molecular complexity index is 518. The molecule has 0 aromatic heterocycles. The number of nitrogens with zero attached hydrogens (tertiary/aromatic N) is 2. The Morgan fingerprint density at radius 3 is 2.70 bits per heavy atom. The van der Waals surface area contributed by atoms with E-state index in [-0.39, 0.29) is 11.6 Å². The number of carboxylic acids is 1. The number of carbonyl (C=O) groups excluding carboxylic acids is 1. The smallest absolute Gasteiger partial charge is 0.337 e. The van der Waals surface area contributed by atoms with Crippen LogP contribution >= 0.6 is 0 Å². The summed E-state index contributed by atoms with van der Waals surface area (Å²) in [6.07, 6.45) is 0.941. The van der Waals surface area contributed by atoms with Gasteiger partial charge in [-0.05, 0) is 25.0 Å². The average molecular weight is 278 g/mol. The van der Waals surface area contributed by atoms with Crippen LogP contribution in [0.1, 0.15) is 23.2 Å². The molecule has 6 heteroatoms. The number of aliphatic hydroxyl groups is 1. The second-order valence-electron chi connectivity index (χ2n) is 4.91. The largest absolute Gasteiger partial charge is 0.478 e. The zero-order valence-corrected chi connectivity index (χ0v) is 11.3. The van der Waals surface area contributed by atoms with E-state index in [1.54, 1.807) is 30.1 Å². The van der Waals surface area contributed by atoms with Crippen LogP contribution in [0, 0.1) is 0 Å². The van der Waals surface area contributed by atoms with Crippen LogP contribution in [0.25, 0.3) is 0 Å². The number of para-hydroxylation sites is 1. The van der Waals surface area contributed by atoms with E-state index in [1.165, 1.54) is 11.0 Å². The average Bonchev–Trinajstić information content (AvgIpc) is 2.45. The molecule has 1 heterocycles. The number of rotatable bonds is 2. The van der Waals surface area contributed by atoms with Crippen molar-refractivity contribution in [3.8, 4) is 0 Å². The summed E-state index contributed by atoms with van der Waals surface area (Å²) in [4.78, 5) is 26.4. The third-order valence-corrected chi connectivity index (χ3v) is 3.45. The molecule has 108 valence electrons. The van der Waals surface area contributed by atoms with Crippen molar-refractivity contribution in [1.82, 2.24) is 4.90 Å². The van der Waals surface area contributed by atoms with Crippen LogP contribution in [0.15, 0.2) is 24.3 Å². The lowest BCUT2D eigenvalue weighted by Gasteiger charge is -2.33. The number of amides is 2. The molecule has 2 N–H and O–H groups in total. The fourth-order valence-corrected chi connectivity index (χ4v) is 2.39. The maximum absolute atomic E-state index is 12.4. The number of carboxylic acid groups (broad SMARTS) is 1. The molecule has 0 aliphatic carbocycles. The molecule has 1 aromatic carbocycles. The van der Waals surface area contributed by atoms with Gasteiger partial charge in [-0.1, -0.05) is 12.1 Å². The fourth-order valence-electron chi connectivity index (χ4n) is 2.39. The normalized spacial score (nSPS) is 18.7. The van der Waals surface area contributed by atoms with Crippen LogP contribution in [-0.2, 0) is 0 Å². The number of hydrogen-bond acceptors (Lipinski definition) is 3. The summed E-state index contributed by atoms with van der Waals surface area (Å²) in [6, 6.07) is 6.08. The highest BCUT2D eigenvalue weighted by Crippen LogP contribution is 2.21. The van der Waals surface area contributed by atoms with Crippen LogP contribution < -0.4 is 4.90 Å². The minimum Gasteiger partial charge on any atom is -0.478 e. The van der Waals surface area contributed by atoms with E-state index in [1.807, 2.05) is 0 Å². The van der Waals surface area contributed by atoms with Gasteiger partial charge in [-0.3, -0.25) is 4.90 Å². The van der Waals surface area contributed by atoms with Crippen LogP contribution in [0.5, 0.6) is 0 Å². The molecule has 1 aliphatic rings. The standard InChI is InChI=1S/C14H18N2O4/c1-15(12-7-3-2-6-11(12)13(18)19)14(20)16-8-4-5-10(17)9-16/h2-3,6-7,10,17H,4-5,8-9H2,1H3,(H,18,19). The maximum atomic E-state index is 12.4. The van der Waals surface area contributed by atoms with Gasteiger partial charge in [0.25, 0.3) is 0 Å². The topological polar surface area (TPSA) is 81.1 Å². The first kappa shape index (κ1) is 14.3. The van der Waals surface area contributed by atoms with Gasteiger partial charge >= 0.3 is 12.0 Å². The predicted molar refractivity (Wildman–Crippen MR) is 74.0 cm³/mol. The number of aliphatic hydroxyl groups excluding tert-OH is 1. The molecular weight excluding hydrogens is 260 g/mol. The van der Waals surface area contributed by atoms with Crippen LogP contribution in [0.3, 0.4) is 0 Å². The SMILES string of the molecule is CN(C(=O)N1CCCC(O)C1)c1ccccc1C(=O)O. The molecule has 2 rings (SSSR count). The first-order valence-electron chi connectivity index (χ1n) is 6.53. The summed E-state index contributed by atoms with van der Waals surface area (Å²) in [6.45, 7) is 0.869. The van der Waals surface area contributed by atoms with E-state index in [4.69, 9.17) is 5.11 Å². The summed E-state index contributed by atoms with van der Waals surface area (Å²) >= 11 is 0. The minimum absolute atomic E-state index is 0.0842. The highest BCUT2D eigenvalue weighted by molar-refractivity contribution is 6.01. The molecule has 0 saturated carbocycles. The Balaban J connectivity index is 2.20. The van der Waals surface area contributed by atoms with E-state index in [0.717, 1.165) is 6.42 Å². The van der Waals surface area contributed by atoms with Gasteiger partial charge in [0.15, 0.2) is 0 Å². The van der Waals surface area contributed by atoms with Crippen LogP contribution in [0.2, 0.25) is 0 Å². The maximum Gasteiger partial charge on any atom is 0.337 e. The molecule has 1 fully saturated rings. The van der Waals surface area contributed by atoms with Crippen LogP contribution in [-0.4, -0.2) is 53.4 Å². The van der Waals surface area contributed by atoms with Crippen molar-refractivity contribution in [2.24, 2.45) is 0 Å². The number of carbonyl (C=O) groups is 2. The third-order valence-electron chi connectivity index (χ3n) is 3.45. The molecule has 20 heavy (non-hydrogen) atoms.